The lowest BCUT2D eigenvalue weighted by Gasteiger charge is -2.07. The van der Waals surface area contributed by atoms with Crippen molar-refractivity contribution in [2.75, 3.05) is 5.32 Å². The number of anilines is 1. The fourth-order valence-electron chi connectivity index (χ4n) is 1.76. The van der Waals surface area contributed by atoms with Crippen molar-refractivity contribution in [1.29, 1.82) is 0 Å². The zero-order valence-electron chi connectivity index (χ0n) is 9.91. The Labute approximate surface area is 104 Å². The van der Waals surface area contributed by atoms with Crippen molar-refractivity contribution in [1.82, 2.24) is 14.8 Å². The predicted octanol–water partition coefficient (Wildman–Crippen LogP) is 1.26. The maximum Gasteiger partial charge on any atom is 0.269 e. The third-order valence-corrected chi connectivity index (χ3v) is 2.90. The zero-order valence-corrected chi connectivity index (χ0v) is 9.91. The highest BCUT2D eigenvalue weighted by atomic mass is 16.1. The van der Waals surface area contributed by atoms with E-state index in [2.05, 4.69) is 15.4 Å². The van der Waals surface area contributed by atoms with E-state index in [1.54, 1.807) is 24.7 Å². The van der Waals surface area contributed by atoms with Gasteiger partial charge in [-0.3, -0.25) is 9.78 Å². The van der Waals surface area contributed by atoms with Crippen LogP contribution in [0.1, 0.15) is 18.4 Å². The van der Waals surface area contributed by atoms with Gasteiger partial charge in [0.25, 0.3) is 5.56 Å². The third-order valence-electron chi connectivity index (χ3n) is 2.90. The first-order valence-electron chi connectivity index (χ1n) is 6.04. The first-order valence-corrected chi connectivity index (χ1v) is 6.04. The van der Waals surface area contributed by atoms with Crippen molar-refractivity contribution >= 4 is 5.69 Å². The van der Waals surface area contributed by atoms with Crippen LogP contribution in [0.15, 0.2) is 41.6 Å². The maximum atomic E-state index is 11.9. The number of hydrogen-bond acceptors (Lipinski definition) is 4. The molecule has 0 unspecified atom stereocenters. The summed E-state index contributed by atoms with van der Waals surface area (Å²) in [5, 5.41) is 7.44. The normalized spacial score (nSPS) is 14.4. The monoisotopic (exact) mass is 242 g/mol. The van der Waals surface area contributed by atoms with Crippen LogP contribution >= 0.6 is 0 Å². The molecule has 18 heavy (non-hydrogen) atoms. The molecular formula is C13H14N4O. The molecule has 0 saturated heterocycles. The van der Waals surface area contributed by atoms with Gasteiger partial charge in [0, 0.05) is 24.5 Å². The highest BCUT2D eigenvalue weighted by molar-refractivity contribution is 5.41. The smallest absolute Gasteiger partial charge is 0.269 e. The summed E-state index contributed by atoms with van der Waals surface area (Å²) in [6.07, 6.45) is 7.49. The molecule has 3 rings (SSSR count). The van der Waals surface area contributed by atoms with Gasteiger partial charge in [0.2, 0.25) is 0 Å². The number of pyridine rings is 1. The maximum absolute atomic E-state index is 11.9. The van der Waals surface area contributed by atoms with E-state index < -0.39 is 0 Å². The molecule has 1 saturated carbocycles. The van der Waals surface area contributed by atoms with Gasteiger partial charge >= 0.3 is 0 Å². The molecule has 2 aromatic heterocycles. The molecule has 0 aliphatic heterocycles. The van der Waals surface area contributed by atoms with Crippen molar-refractivity contribution in [3.05, 3.63) is 52.7 Å². The van der Waals surface area contributed by atoms with Crippen LogP contribution in [0.25, 0.3) is 0 Å². The summed E-state index contributed by atoms with van der Waals surface area (Å²) in [6.45, 7) is 0.477. The van der Waals surface area contributed by atoms with Crippen molar-refractivity contribution in [3.8, 4) is 0 Å². The van der Waals surface area contributed by atoms with Gasteiger partial charge in [0.05, 0.1) is 18.4 Å². The topological polar surface area (TPSA) is 59.8 Å². The molecule has 5 heteroatoms. The molecule has 1 N–H and O–H groups in total. The lowest BCUT2D eigenvalue weighted by molar-refractivity contribution is 0.639. The minimum absolute atomic E-state index is 0.0857. The summed E-state index contributed by atoms with van der Waals surface area (Å²) in [6, 6.07) is 5.89. The second-order valence-electron chi connectivity index (χ2n) is 4.51. The minimum atomic E-state index is -0.0857. The molecular weight excluding hydrogens is 228 g/mol. The van der Waals surface area contributed by atoms with E-state index in [1.165, 1.54) is 17.5 Å². The van der Waals surface area contributed by atoms with Gasteiger partial charge in [0.1, 0.15) is 0 Å². The molecule has 0 spiro atoms. The van der Waals surface area contributed by atoms with E-state index >= 15 is 0 Å². The average molecular weight is 242 g/mol. The summed E-state index contributed by atoms with van der Waals surface area (Å²) in [5.74, 6) is 0. The molecule has 5 nitrogen and oxygen atoms in total. The largest absolute Gasteiger partial charge is 0.381 e. The van der Waals surface area contributed by atoms with Crippen molar-refractivity contribution < 1.29 is 0 Å². The van der Waals surface area contributed by atoms with Gasteiger partial charge in [-0.15, -0.1) is 0 Å². The number of nitrogens with zero attached hydrogens (tertiary/aromatic N) is 3. The highest BCUT2D eigenvalue weighted by Crippen LogP contribution is 2.23. The van der Waals surface area contributed by atoms with Gasteiger partial charge in [-0.2, -0.15) is 5.10 Å². The fraction of sp³-hybridized carbons (Fsp3) is 0.308. The molecule has 1 fully saturated rings. The SMILES string of the molecule is O=c1cc(NC2CC2)cnn1Cc1ccncc1. The van der Waals surface area contributed by atoms with Crippen LogP contribution in [0.4, 0.5) is 5.69 Å². The molecule has 1 aliphatic carbocycles. The molecule has 0 amide bonds. The Morgan fingerprint density at radius 2 is 2.11 bits per heavy atom. The van der Waals surface area contributed by atoms with Crippen LogP contribution in [-0.2, 0) is 6.54 Å². The summed E-state index contributed by atoms with van der Waals surface area (Å²) in [5.41, 5.74) is 1.74. The summed E-state index contributed by atoms with van der Waals surface area (Å²) in [7, 11) is 0. The van der Waals surface area contributed by atoms with E-state index in [0.717, 1.165) is 11.3 Å². The molecule has 0 aromatic carbocycles. The number of nitrogens with one attached hydrogen (secondary N) is 1. The molecule has 0 atom stereocenters. The second-order valence-corrected chi connectivity index (χ2v) is 4.51. The molecule has 0 bridgehead atoms. The van der Waals surface area contributed by atoms with Crippen molar-refractivity contribution in [2.45, 2.75) is 25.4 Å². The van der Waals surface area contributed by atoms with Crippen LogP contribution in [0, 0.1) is 0 Å². The average Bonchev–Trinajstić information content (AvgIpc) is 3.18. The van der Waals surface area contributed by atoms with Gasteiger partial charge < -0.3 is 5.32 Å². The molecule has 2 heterocycles. The van der Waals surface area contributed by atoms with Crippen LogP contribution in [0.2, 0.25) is 0 Å². The summed E-state index contributed by atoms with van der Waals surface area (Å²) in [4.78, 5) is 15.8. The quantitative estimate of drug-likeness (QED) is 0.877. The Morgan fingerprint density at radius 1 is 1.33 bits per heavy atom. The number of rotatable bonds is 4. The lowest BCUT2D eigenvalue weighted by atomic mass is 10.3. The summed E-state index contributed by atoms with van der Waals surface area (Å²) < 4.78 is 1.45. The zero-order chi connectivity index (χ0) is 12.4. The number of hydrogen-bond donors (Lipinski definition) is 1. The van der Waals surface area contributed by atoms with Crippen LogP contribution < -0.4 is 10.9 Å². The predicted molar refractivity (Wildman–Crippen MR) is 68.5 cm³/mol. The van der Waals surface area contributed by atoms with Crippen LogP contribution in [0.5, 0.6) is 0 Å². The van der Waals surface area contributed by atoms with E-state index in [9.17, 15) is 4.79 Å². The Balaban J connectivity index is 1.78. The van der Waals surface area contributed by atoms with Gasteiger partial charge in [-0.25, -0.2) is 4.68 Å². The molecule has 2 aromatic rings. The van der Waals surface area contributed by atoms with Crippen LogP contribution in [-0.4, -0.2) is 20.8 Å². The minimum Gasteiger partial charge on any atom is -0.381 e. The Bertz CT molecular complexity index is 589. The Kier molecular flexibility index (Phi) is 2.80. The van der Waals surface area contributed by atoms with Gasteiger partial charge in [0.15, 0.2) is 0 Å². The standard InChI is InChI=1S/C13H14N4O/c18-13-7-12(16-11-1-2-11)8-15-17(13)9-10-3-5-14-6-4-10/h3-8,11,16H,1-2,9H2. The van der Waals surface area contributed by atoms with E-state index in [4.69, 9.17) is 0 Å². The van der Waals surface area contributed by atoms with Crippen LogP contribution in [0.3, 0.4) is 0 Å². The lowest BCUT2D eigenvalue weighted by Crippen LogP contribution is -2.23. The molecule has 0 radical (unpaired) electrons. The second kappa shape index (κ2) is 4.60. The molecule has 92 valence electrons. The van der Waals surface area contributed by atoms with Crippen molar-refractivity contribution in [2.24, 2.45) is 0 Å². The van der Waals surface area contributed by atoms with E-state index in [0.29, 0.717) is 12.6 Å². The summed E-state index contributed by atoms with van der Waals surface area (Å²) >= 11 is 0. The highest BCUT2D eigenvalue weighted by Gasteiger charge is 2.20. The van der Waals surface area contributed by atoms with Gasteiger partial charge in [-0.05, 0) is 30.5 Å². The Hall–Kier alpha value is -2.17. The first kappa shape index (κ1) is 11.0. The van der Waals surface area contributed by atoms with E-state index in [1.807, 2.05) is 12.1 Å². The molecule has 1 aliphatic rings. The van der Waals surface area contributed by atoms with E-state index in [-0.39, 0.29) is 5.56 Å². The van der Waals surface area contributed by atoms with Crippen molar-refractivity contribution in [3.63, 3.8) is 0 Å². The third kappa shape index (κ3) is 2.56. The number of aromatic nitrogens is 3. The Morgan fingerprint density at radius 3 is 2.78 bits per heavy atom. The van der Waals surface area contributed by atoms with Gasteiger partial charge in [-0.1, -0.05) is 0 Å². The fourth-order valence-corrected chi connectivity index (χ4v) is 1.76. The first-order chi connectivity index (χ1) is 8.81.